The fourth-order valence-electron chi connectivity index (χ4n) is 1.16. The number of carbonyl (C=O) groups is 1. The molecule has 88 valence electrons. The van der Waals surface area contributed by atoms with Gasteiger partial charge in [-0.3, -0.25) is 0 Å². The molecule has 0 radical (unpaired) electrons. The minimum Gasteiger partial charge on any atom is -0.544 e. The molecule has 0 amide bonds. The van der Waals surface area contributed by atoms with Crippen LogP contribution in [0.15, 0.2) is 18.2 Å². The van der Waals surface area contributed by atoms with Crippen LogP contribution < -0.4 is 4.43 Å². The third-order valence-corrected chi connectivity index (χ3v) is 3.44. The molecule has 0 fully saturated rings. The quantitative estimate of drug-likeness (QED) is 0.477. The molecule has 0 aliphatic carbocycles. The summed E-state index contributed by atoms with van der Waals surface area (Å²) in [6, 6.07) is 5.33. The Morgan fingerprint density at radius 1 is 1.31 bits per heavy atom. The normalized spacial score (nSPS) is 11.1. The molecule has 0 saturated carbocycles. The summed E-state index contributed by atoms with van der Waals surface area (Å²) in [4.78, 5) is 11.3. The molecular formula is C11H15IO3Si. The van der Waals surface area contributed by atoms with Gasteiger partial charge in [0, 0.05) is 0 Å². The number of halogens is 1. The maximum Gasteiger partial charge on any atom is 0.337 e. The maximum atomic E-state index is 11.3. The molecule has 1 rings (SSSR count). The third kappa shape index (κ3) is 3.78. The van der Waals surface area contributed by atoms with Crippen LogP contribution in [0.1, 0.15) is 10.4 Å². The monoisotopic (exact) mass is 350 g/mol. The van der Waals surface area contributed by atoms with E-state index in [-0.39, 0.29) is 5.97 Å². The van der Waals surface area contributed by atoms with Crippen molar-refractivity contribution >= 4 is 36.9 Å². The van der Waals surface area contributed by atoms with Gasteiger partial charge in [-0.05, 0) is 60.4 Å². The van der Waals surface area contributed by atoms with Crippen LogP contribution in [0.2, 0.25) is 19.6 Å². The van der Waals surface area contributed by atoms with E-state index in [0.29, 0.717) is 5.56 Å². The summed E-state index contributed by atoms with van der Waals surface area (Å²) in [6.45, 7) is 6.37. The first-order valence-electron chi connectivity index (χ1n) is 4.90. The minimum atomic E-state index is -1.60. The van der Waals surface area contributed by atoms with Gasteiger partial charge in [0.05, 0.1) is 16.2 Å². The van der Waals surface area contributed by atoms with Crippen molar-refractivity contribution in [3.05, 3.63) is 27.3 Å². The molecule has 3 nitrogen and oxygen atoms in total. The van der Waals surface area contributed by atoms with Crippen molar-refractivity contribution in [2.24, 2.45) is 0 Å². The number of rotatable bonds is 3. The summed E-state index contributed by atoms with van der Waals surface area (Å²) < 4.78 is 11.5. The summed E-state index contributed by atoms with van der Waals surface area (Å²) >= 11 is 2.17. The molecule has 0 heterocycles. The molecule has 1 aromatic carbocycles. The lowest BCUT2D eigenvalue weighted by Crippen LogP contribution is -2.29. The summed E-state index contributed by atoms with van der Waals surface area (Å²) in [6.07, 6.45) is 0. The van der Waals surface area contributed by atoms with Gasteiger partial charge in [0.2, 0.25) is 8.32 Å². The molecule has 16 heavy (non-hydrogen) atoms. The average molecular weight is 350 g/mol. The Balaban J connectivity index is 2.96. The molecule has 0 aromatic heterocycles. The fourth-order valence-corrected chi connectivity index (χ4v) is 2.83. The van der Waals surface area contributed by atoms with Crippen LogP contribution in [0.3, 0.4) is 0 Å². The highest BCUT2D eigenvalue weighted by Crippen LogP contribution is 2.25. The van der Waals surface area contributed by atoms with Gasteiger partial charge < -0.3 is 9.16 Å². The Bertz CT molecular complexity index is 399. The van der Waals surface area contributed by atoms with Gasteiger partial charge in [-0.2, -0.15) is 0 Å². The summed E-state index contributed by atoms with van der Waals surface area (Å²) in [5, 5.41) is 0. The highest BCUT2D eigenvalue weighted by molar-refractivity contribution is 14.1. The average Bonchev–Trinajstić information content (AvgIpc) is 2.18. The van der Waals surface area contributed by atoms with Gasteiger partial charge in [-0.15, -0.1) is 0 Å². The molecular weight excluding hydrogens is 335 g/mol. The standard InChI is InChI=1S/C11H15IO3Si/c1-14-11(13)8-5-6-10(9(12)7-8)15-16(2,3)4/h5-7H,1-4H3. The highest BCUT2D eigenvalue weighted by atomic mass is 127. The molecule has 0 N–H and O–H groups in total. The van der Waals surface area contributed by atoms with Gasteiger partial charge in [0.1, 0.15) is 5.75 Å². The molecule has 0 unspecified atom stereocenters. The molecule has 0 spiro atoms. The van der Waals surface area contributed by atoms with E-state index < -0.39 is 8.32 Å². The van der Waals surface area contributed by atoms with E-state index in [0.717, 1.165) is 9.32 Å². The number of hydrogen-bond acceptors (Lipinski definition) is 3. The second-order valence-electron chi connectivity index (χ2n) is 4.35. The fraction of sp³-hybridized carbons (Fsp3) is 0.364. The van der Waals surface area contributed by atoms with Crippen LogP contribution >= 0.6 is 22.6 Å². The molecule has 0 atom stereocenters. The second-order valence-corrected chi connectivity index (χ2v) is 9.94. The first-order chi connectivity index (χ1) is 7.33. The first-order valence-corrected chi connectivity index (χ1v) is 9.39. The number of carbonyl (C=O) groups excluding carboxylic acids is 1. The van der Waals surface area contributed by atoms with Crippen LogP contribution in [-0.4, -0.2) is 21.4 Å². The van der Waals surface area contributed by atoms with Crippen LogP contribution in [0.25, 0.3) is 0 Å². The Kier molecular flexibility index (Phi) is 4.37. The number of hydrogen-bond donors (Lipinski definition) is 0. The van der Waals surface area contributed by atoms with Crippen molar-refractivity contribution in [3.8, 4) is 5.75 Å². The number of benzene rings is 1. The topological polar surface area (TPSA) is 35.5 Å². The van der Waals surface area contributed by atoms with Gasteiger partial charge in [-0.1, -0.05) is 0 Å². The molecule has 0 aliphatic rings. The lowest BCUT2D eigenvalue weighted by atomic mass is 10.2. The van der Waals surface area contributed by atoms with Gasteiger partial charge >= 0.3 is 5.97 Å². The van der Waals surface area contributed by atoms with Gasteiger partial charge in [0.15, 0.2) is 0 Å². The minimum absolute atomic E-state index is 0.322. The van der Waals surface area contributed by atoms with E-state index in [1.165, 1.54) is 7.11 Å². The molecule has 5 heteroatoms. The number of ether oxygens (including phenoxy) is 1. The largest absolute Gasteiger partial charge is 0.544 e. The Labute approximate surface area is 110 Å². The summed E-state index contributed by atoms with van der Waals surface area (Å²) in [7, 11) is -0.227. The molecule has 0 saturated heterocycles. The number of esters is 1. The van der Waals surface area contributed by atoms with Crippen LogP contribution in [0.5, 0.6) is 5.75 Å². The van der Waals surface area contributed by atoms with Crippen LogP contribution in [0, 0.1) is 3.57 Å². The first kappa shape index (κ1) is 13.5. The van der Waals surface area contributed by atoms with Crippen LogP contribution in [0.4, 0.5) is 0 Å². The molecule has 0 aliphatic heterocycles. The van der Waals surface area contributed by atoms with Crippen molar-refractivity contribution in [1.29, 1.82) is 0 Å². The lowest BCUT2D eigenvalue weighted by Gasteiger charge is -2.20. The second kappa shape index (κ2) is 5.18. The van der Waals surface area contributed by atoms with E-state index in [2.05, 4.69) is 47.0 Å². The lowest BCUT2D eigenvalue weighted by molar-refractivity contribution is 0.0600. The maximum absolute atomic E-state index is 11.3. The number of methoxy groups -OCH3 is 1. The Morgan fingerprint density at radius 2 is 1.94 bits per heavy atom. The van der Waals surface area contributed by atoms with Crippen molar-refractivity contribution < 1.29 is 14.0 Å². The zero-order chi connectivity index (χ0) is 12.3. The predicted molar refractivity (Wildman–Crippen MR) is 74.5 cm³/mol. The molecule has 1 aromatic rings. The molecule has 0 bridgehead atoms. The van der Waals surface area contributed by atoms with E-state index in [1.807, 2.05) is 6.07 Å². The Hall–Kier alpha value is -0.563. The smallest absolute Gasteiger partial charge is 0.337 e. The van der Waals surface area contributed by atoms with Crippen molar-refractivity contribution in [2.75, 3.05) is 7.11 Å². The van der Waals surface area contributed by atoms with Crippen molar-refractivity contribution in [1.82, 2.24) is 0 Å². The summed E-state index contributed by atoms with van der Waals surface area (Å²) in [5.74, 6) is 0.518. The zero-order valence-electron chi connectivity index (χ0n) is 9.83. The summed E-state index contributed by atoms with van der Waals surface area (Å²) in [5.41, 5.74) is 0.551. The third-order valence-electron chi connectivity index (χ3n) is 1.77. The van der Waals surface area contributed by atoms with E-state index in [9.17, 15) is 4.79 Å². The predicted octanol–water partition coefficient (Wildman–Crippen LogP) is 3.29. The van der Waals surface area contributed by atoms with Gasteiger partial charge in [-0.25, -0.2) is 4.79 Å². The Morgan fingerprint density at radius 3 is 2.38 bits per heavy atom. The van der Waals surface area contributed by atoms with E-state index >= 15 is 0 Å². The highest BCUT2D eigenvalue weighted by Gasteiger charge is 2.18. The van der Waals surface area contributed by atoms with E-state index in [4.69, 9.17) is 4.43 Å². The van der Waals surface area contributed by atoms with Crippen LogP contribution in [-0.2, 0) is 4.74 Å². The van der Waals surface area contributed by atoms with Gasteiger partial charge in [0.25, 0.3) is 0 Å². The zero-order valence-corrected chi connectivity index (χ0v) is 13.0. The van der Waals surface area contributed by atoms with Crippen molar-refractivity contribution in [3.63, 3.8) is 0 Å². The van der Waals surface area contributed by atoms with Crippen molar-refractivity contribution in [2.45, 2.75) is 19.6 Å². The van der Waals surface area contributed by atoms with E-state index in [1.54, 1.807) is 12.1 Å². The SMILES string of the molecule is COC(=O)c1ccc(O[Si](C)(C)C)c(I)c1.